The minimum Gasteiger partial charge on any atom is -0.493 e. The smallest absolute Gasteiger partial charge is 0.256 e. The molecule has 7 nitrogen and oxygen atoms in total. The van der Waals surface area contributed by atoms with Crippen LogP contribution in [0.15, 0.2) is 12.1 Å². The lowest BCUT2D eigenvalue weighted by molar-refractivity contribution is -0.116. The highest BCUT2D eigenvalue weighted by Gasteiger charge is 2.24. The summed E-state index contributed by atoms with van der Waals surface area (Å²) < 4.78 is 10.7. The van der Waals surface area contributed by atoms with Gasteiger partial charge in [0.25, 0.3) is 5.91 Å². The maximum absolute atomic E-state index is 13.1. The zero-order chi connectivity index (χ0) is 20.4. The lowest BCUT2D eigenvalue weighted by Crippen LogP contribution is -2.36. The van der Waals surface area contributed by atoms with Crippen LogP contribution in [-0.2, 0) is 4.79 Å². The van der Waals surface area contributed by atoms with Crippen LogP contribution in [0, 0.1) is 0 Å². The van der Waals surface area contributed by atoms with Crippen molar-refractivity contribution in [3.05, 3.63) is 17.7 Å². The van der Waals surface area contributed by atoms with Gasteiger partial charge in [-0.15, -0.1) is 12.4 Å². The van der Waals surface area contributed by atoms with Crippen molar-refractivity contribution in [3.63, 3.8) is 0 Å². The normalized spacial score (nSPS) is 13.4. The first-order chi connectivity index (χ1) is 13.6. The molecule has 1 aliphatic heterocycles. The number of carbonyl (C=O) groups excluding carboxylic acids is 2. The molecule has 0 atom stereocenters. The highest BCUT2D eigenvalue weighted by Crippen LogP contribution is 2.34. The van der Waals surface area contributed by atoms with E-state index >= 15 is 0 Å². The summed E-state index contributed by atoms with van der Waals surface area (Å²) in [6, 6.07) is 3.33. The van der Waals surface area contributed by atoms with Crippen LogP contribution in [0.4, 0.5) is 5.69 Å². The number of methoxy groups -OCH3 is 2. The minimum absolute atomic E-state index is 0. The zero-order valence-electron chi connectivity index (χ0n) is 17.5. The van der Waals surface area contributed by atoms with Crippen LogP contribution >= 0.6 is 12.4 Å². The summed E-state index contributed by atoms with van der Waals surface area (Å²) in [4.78, 5) is 27.3. The summed E-state index contributed by atoms with van der Waals surface area (Å²) in [7, 11) is 3.07. The van der Waals surface area contributed by atoms with Crippen molar-refractivity contribution >= 4 is 29.9 Å². The van der Waals surface area contributed by atoms with Crippen LogP contribution < -0.4 is 20.5 Å². The molecule has 3 N–H and O–H groups in total. The second-order valence-corrected chi connectivity index (χ2v) is 7.11. The van der Waals surface area contributed by atoms with Gasteiger partial charge in [0.1, 0.15) is 0 Å². The molecular weight excluding hydrogens is 394 g/mol. The second-order valence-electron chi connectivity index (χ2n) is 7.11. The van der Waals surface area contributed by atoms with E-state index in [0.29, 0.717) is 35.7 Å². The number of amides is 2. The predicted molar refractivity (Wildman–Crippen MR) is 117 cm³/mol. The van der Waals surface area contributed by atoms with Crippen molar-refractivity contribution in [1.29, 1.82) is 0 Å². The Balaban J connectivity index is 0.00000420. The fraction of sp³-hybridized carbons (Fsp3) is 0.619. The van der Waals surface area contributed by atoms with Gasteiger partial charge in [-0.3, -0.25) is 9.59 Å². The number of benzene rings is 1. The van der Waals surface area contributed by atoms with Crippen molar-refractivity contribution in [2.45, 2.75) is 51.4 Å². The fourth-order valence-corrected chi connectivity index (χ4v) is 3.42. The monoisotopic (exact) mass is 427 g/mol. The third-order valence-corrected chi connectivity index (χ3v) is 5.03. The molecule has 8 heteroatoms. The van der Waals surface area contributed by atoms with Gasteiger partial charge in [-0.25, -0.2) is 0 Å². The molecule has 1 aliphatic rings. The molecule has 0 unspecified atom stereocenters. The maximum Gasteiger partial charge on any atom is 0.256 e. The van der Waals surface area contributed by atoms with Gasteiger partial charge < -0.3 is 25.4 Å². The Morgan fingerprint density at radius 3 is 2.24 bits per heavy atom. The molecule has 164 valence electrons. The molecular formula is C21H34ClN3O4. The molecule has 1 fully saturated rings. The number of halogens is 1. The van der Waals surface area contributed by atoms with Gasteiger partial charge in [-0.05, 0) is 44.7 Å². The third-order valence-electron chi connectivity index (χ3n) is 5.03. The van der Waals surface area contributed by atoms with E-state index in [-0.39, 0.29) is 24.2 Å². The number of rotatable bonds is 10. The number of hydrogen-bond acceptors (Lipinski definition) is 5. The van der Waals surface area contributed by atoms with Crippen LogP contribution in [0.25, 0.3) is 0 Å². The summed E-state index contributed by atoms with van der Waals surface area (Å²) in [6.45, 7) is 2.16. The van der Waals surface area contributed by atoms with Crippen LogP contribution in [0.1, 0.15) is 61.7 Å². The molecule has 0 bridgehead atoms. The highest BCUT2D eigenvalue weighted by atomic mass is 35.5. The predicted octanol–water partition coefficient (Wildman–Crippen LogP) is 3.60. The SMILES string of the molecule is COc1cc(NC(=O)CCCCCCN)c(C(=O)N2CCCCC2)cc1OC.Cl. The van der Waals surface area contributed by atoms with Crippen molar-refractivity contribution < 1.29 is 19.1 Å². The average Bonchev–Trinajstić information content (AvgIpc) is 2.73. The van der Waals surface area contributed by atoms with E-state index < -0.39 is 0 Å². The van der Waals surface area contributed by atoms with E-state index in [1.165, 1.54) is 14.2 Å². The Bertz CT molecular complexity index is 664. The molecule has 2 amide bonds. The van der Waals surface area contributed by atoms with Crippen molar-refractivity contribution in [2.75, 3.05) is 39.2 Å². The van der Waals surface area contributed by atoms with Gasteiger partial charge in [0.15, 0.2) is 11.5 Å². The van der Waals surface area contributed by atoms with Crippen LogP contribution in [0.2, 0.25) is 0 Å². The lowest BCUT2D eigenvalue weighted by Gasteiger charge is -2.28. The molecule has 29 heavy (non-hydrogen) atoms. The number of piperidine rings is 1. The standard InChI is InChI=1S/C21H33N3O4.ClH/c1-27-18-14-16(21(26)24-12-8-5-9-13-24)17(15-19(18)28-2)23-20(25)10-6-3-4-7-11-22;/h14-15H,3-13,22H2,1-2H3,(H,23,25);1H. The highest BCUT2D eigenvalue weighted by molar-refractivity contribution is 6.04. The van der Waals surface area contributed by atoms with Gasteiger partial charge in [0, 0.05) is 25.6 Å². The molecule has 0 radical (unpaired) electrons. The Hall–Kier alpha value is -1.99. The maximum atomic E-state index is 13.1. The van der Waals surface area contributed by atoms with E-state index in [1.807, 2.05) is 4.90 Å². The summed E-state index contributed by atoms with van der Waals surface area (Å²) in [6.07, 6.45) is 7.34. The van der Waals surface area contributed by atoms with E-state index in [4.69, 9.17) is 15.2 Å². The largest absolute Gasteiger partial charge is 0.493 e. The number of hydrogen-bond donors (Lipinski definition) is 2. The van der Waals surface area contributed by atoms with Gasteiger partial charge in [0.2, 0.25) is 5.91 Å². The Morgan fingerprint density at radius 2 is 1.62 bits per heavy atom. The van der Waals surface area contributed by atoms with Crippen LogP contribution in [-0.4, -0.2) is 50.6 Å². The van der Waals surface area contributed by atoms with E-state index in [0.717, 1.165) is 58.0 Å². The molecule has 2 rings (SSSR count). The van der Waals surface area contributed by atoms with Crippen molar-refractivity contribution in [3.8, 4) is 11.5 Å². The number of unbranched alkanes of at least 4 members (excludes halogenated alkanes) is 3. The quantitative estimate of drug-likeness (QED) is 0.556. The van der Waals surface area contributed by atoms with Crippen molar-refractivity contribution in [2.24, 2.45) is 5.73 Å². The van der Waals surface area contributed by atoms with Gasteiger partial charge in [-0.2, -0.15) is 0 Å². The van der Waals surface area contributed by atoms with E-state index in [1.54, 1.807) is 12.1 Å². The lowest BCUT2D eigenvalue weighted by atomic mass is 10.1. The molecule has 0 aliphatic carbocycles. The summed E-state index contributed by atoms with van der Waals surface area (Å²) in [5.74, 6) is 0.769. The van der Waals surface area contributed by atoms with Gasteiger partial charge in [0.05, 0.1) is 25.5 Å². The molecule has 1 heterocycles. The van der Waals surface area contributed by atoms with Crippen molar-refractivity contribution in [1.82, 2.24) is 4.90 Å². The molecule has 1 saturated heterocycles. The average molecular weight is 428 g/mol. The molecule has 0 aromatic heterocycles. The Kier molecular flexibility index (Phi) is 11.5. The summed E-state index contributed by atoms with van der Waals surface area (Å²) in [5, 5.41) is 2.90. The zero-order valence-corrected chi connectivity index (χ0v) is 18.3. The molecule has 1 aromatic carbocycles. The second kappa shape index (κ2) is 13.3. The number of nitrogens with zero attached hydrogens (tertiary/aromatic N) is 1. The topological polar surface area (TPSA) is 93.9 Å². The van der Waals surface area contributed by atoms with E-state index in [2.05, 4.69) is 5.32 Å². The Labute approximate surface area is 179 Å². The Morgan fingerprint density at radius 1 is 1.00 bits per heavy atom. The number of ether oxygens (including phenoxy) is 2. The van der Waals surface area contributed by atoms with Crippen LogP contribution in [0.3, 0.4) is 0 Å². The van der Waals surface area contributed by atoms with E-state index in [9.17, 15) is 9.59 Å². The van der Waals surface area contributed by atoms with Gasteiger partial charge in [-0.1, -0.05) is 12.8 Å². The number of nitrogens with one attached hydrogen (secondary N) is 1. The summed E-state index contributed by atoms with van der Waals surface area (Å²) in [5.41, 5.74) is 6.41. The molecule has 1 aromatic rings. The first kappa shape index (κ1) is 25.0. The number of likely N-dealkylation sites (tertiary alicyclic amines) is 1. The first-order valence-electron chi connectivity index (χ1n) is 10.2. The third kappa shape index (κ3) is 7.40. The first-order valence-corrected chi connectivity index (χ1v) is 10.2. The number of carbonyl (C=O) groups is 2. The molecule has 0 saturated carbocycles. The number of anilines is 1. The summed E-state index contributed by atoms with van der Waals surface area (Å²) >= 11 is 0. The van der Waals surface area contributed by atoms with Gasteiger partial charge >= 0.3 is 0 Å². The molecule has 0 spiro atoms. The fourth-order valence-electron chi connectivity index (χ4n) is 3.42. The number of nitrogens with two attached hydrogens (primary N) is 1. The minimum atomic E-state index is -0.104. The van der Waals surface area contributed by atoms with Crippen LogP contribution in [0.5, 0.6) is 11.5 Å².